The average Bonchev–Trinajstić information content (AvgIpc) is 2.69. The third-order valence-electron chi connectivity index (χ3n) is 3.65. The van der Waals surface area contributed by atoms with Gasteiger partial charge in [-0.25, -0.2) is 0 Å². The summed E-state index contributed by atoms with van der Waals surface area (Å²) < 4.78 is 5.43. The second kappa shape index (κ2) is 8.62. The van der Waals surface area contributed by atoms with Gasteiger partial charge in [0.1, 0.15) is 11.4 Å². The lowest BCUT2D eigenvalue weighted by molar-refractivity contribution is 0.0946. The summed E-state index contributed by atoms with van der Waals surface area (Å²) in [5.74, 6) is 0.598. The van der Waals surface area contributed by atoms with Gasteiger partial charge >= 0.3 is 0 Å². The van der Waals surface area contributed by atoms with E-state index in [-0.39, 0.29) is 5.91 Å². The molecule has 0 aliphatic carbocycles. The number of benzene rings is 1. The molecule has 2 aromatic heterocycles. The first-order valence-electron chi connectivity index (χ1n) is 8.37. The maximum atomic E-state index is 12.3. The summed E-state index contributed by atoms with van der Waals surface area (Å²) in [6.07, 6.45) is 5.00. The van der Waals surface area contributed by atoms with Crippen LogP contribution in [-0.2, 0) is 6.54 Å². The fourth-order valence-electron chi connectivity index (χ4n) is 2.37. The van der Waals surface area contributed by atoms with Crippen molar-refractivity contribution in [2.75, 3.05) is 11.9 Å². The van der Waals surface area contributed by atoms with Gasteiger partial charge in [-0.2, -0.15) is 0 Å². The molecule has 3 rings (SSSR count). The van der Waals surface area contributed by atoms with Crippen LogP contribution in [0.3, 0.4) is 0 Å². The molecule has 1 aromatic carbocycles. The fourth-order valence-corrected chi connectivity index (χ4v) is 2.37. The lowest BCUT2D eigenvalue weighted by Gasteiger charge is -2.09. The molecule has 2 heterocycles. The molecule has 26 heavy (non-hydrogen) atoms. The van der Waals surface area contributed by atoms with E-state index in [1.807, 2.05) is 49.4 Å². The van der Waals surface area contributed by atoms with E-state index in [4.69, 9.17) is 4.74 Å². The second-order valence-corrected chi connectivity index (χ2v) is 5.55. The Kier molecular flexibility index (Phi) is 5.77. The summed E-state index contributed by atoms with van der Waals surface area (Å²) in [4.78, 5) is 20.4. The molecule has 0 spiro atoms. The number of carbonyl (C=O) groups is 1. The Hall–Kier alpha value is -3.41. The van der Waals surface area contributed by atoms with E-state index >= 15 is 0 Å². The monoisotopic (exact) mass is 348 g/mol. The first kappa shape index (κ1) is 17.4. The number of ether oxygens (including phenoxy) is 1. The highest BCUT2D eigenvalue weighted by Gasteiger charge is 2.08. The molecule has 132 valence electrons. The molecule has 3 aromatic rings. The fraction of sp³-hybridized carbons (Fsp3) is 0.150. The van der Waals surface area contributed by atoms with Crippen LogP contribution in [0.5, 0.6) is 5.75 Å². The van der Waals surface area contributed by atoms with Crippen molar-refractivity contribution in [3.8, 4) is 5.75 Å². The number of amides is 1. The van der Waals surface area contributed by atoms with Crippen molar-refractivity contribution in [1.82, 2.24) is 15.3 Å². The van der Waals surface area contributed by atoms with E-state index in [0.29, 0.717) is 18.8 Å². The van der Waals surface area contributed by atoms with Crippen molar-refractivity contribution >= 4 is 17.3 Å². The number of hydrogen-bond donors (Lipinski definition) is 2. The normalized spacial score (nSPS) is 10.2. The molecule has 0 bridgehead atoms. The molecule has 6 heteroatoms. The number of carbonyl (C=O) groups excluding carboxylic acids is 1. The van der Waals surface area contributed by atoms with Crippen molar-refractivity contribution in [3.63, 3.8) is 0 Å². The molecule has 0 unspecified atom stereocenters. The lowest BCUT2D eigenvalue weighted by atomic mass is 10.2. The van der Waals surface area contributed by atoms with E-state index in [9.17, 15) is 4.79 Å². The summed E-state index contributed by atoms with van der Waals surface area (Å²) in [7, 11) is 0. The van der Waals surface area contributed by atoms with E-state index < -0.39 is 0 Å². The molecule has 0 aliphatic heterocycles. The zero-order valence-electron chi connectivity index (χ0n) is 14.5. The maximum Gasteiger partial charge on any atom is 0.270 e. The minimum absolute atomic E-state index is 0.225. The topological polar surface area (TPSA) is 76.1 Å². The Morgan fingerprint density at radius 3 is 2.50 bits per heavy atom. The Balaban J connectivity index is 1.62. The van der Waals surface area contributed by atoms with Gasteiger partial charge in [-0.1, -0.05) is 0 Å². The SMILES string of the molecule is CCOc1ccc(Nc2ccnc(C(=O)NCc3ccncc3)c2)cc1. The summed E-state index contributed by atoms with van der Waals surface area (Å²) in [6.45, 7) is 3.01. The van der Waals surface area contributed by atoms with Gasteiger partial charge in [-0.15, -0.1) is 0 Å². The van der Waals surface area contributed by atoms with Gasteiger partial charge in [0.25, 0.3) is 5.91 Å². The van der Waals surface area contributed by atoms with Crippen LogP contribution in [0.1, 0.15) is 23.0 Å². The average molecular weight is 348 g/mol. The number of nitrogens with one attached hydrogen (secondary N) is 2. The van der Waals surface area contributed by atoms with Gasteiger partial charge < -0.3 is 15.4 Å². The zero-order chi connectivity index (χ0) is 18.2. The minimum Gasteiger partial charge on any atom is -0.494 e. The lowest BCUT2D eigenvalue weighted by Crippen LogP contribution is -2.23. The summed E-state index contributed by atoms with van der Waals surface area (Å²) in [6, 6.07) is 14.9. The van der Waals surface area contributed by atoms with Crippen molar-refractivity contribution in [3.05, 3.63) is 78.4 Å². The summed E-state index contributed by atoms with van der Waals surface area (Å²) in [5.41, 5.74) is 3.04. The van der Waals surface area contributed by atoms with E-state index in [1.54, 1.807) is 24.7 Å². The van der Waals surface area contributed by atoms with Gasteiger partial charge in [0, 0.05) is 36.5 Å². The van der Waals surface area contributed by atoms with Crippen LogP contribution < -0.4 is 15.4 Å². The van der Waals surface area contributed by atoms with Crippen LogP contribution in [0.15, 0.2) is 67.1 Å². The van der Waals surface area contributed by atoms with Gasteiger partial charge in [-0.3, -0.25) is 14.8 Å². The molecule has 0 radical (unpaired) electrons. The standard InChI is InChI=1S/C20H20N4O2/c1-2-26-18-5-3-16(4-6-18)24-17-9-12-22-19(13-17)20(25)23-14-15-7-10-21-11-8-15/h3-13H,2,14H2,1H3,(H,22,24)(H,23,25). The number of rotatable bonds is 7. The zero-order valence-corrected chi connectivity index (χ0v) is 14.5. The van der Waals surface area contributed by atoms with E-state index in [0.717, 1.165) is 22.7 Å². The van der Waals surface area contributed by atoms with Crippen LogP contribution in [0.4, 0.5) is 11.4 Å². The van der Waals surface area contributed by atoms with Crippen molar-refractivity contribution in [2.45, 2.75) is 13.5 Å². The highest BCUT2D eigenvalue weighted by Crippen LogP contribution is 2.20. The van der Waals surface area contributed by atoms with Gasteiger partial charge in [-0.05, 0) is 61.0 Å². The van der Waals surface area contributed by atoms with Gasteiger partial charge in [0.05, 0.1) is 6.61 Å². The van der Waals surface area contributed by atoms with Crippen LogP contribution in [0.2, 0.25) is 0 Å². The Morgan fingerprint density at radius 1 is 1.00 bits per heavy atom. The predicted molar refractivity (Wildman–Crippen MR) is 101 cm³/mol. The maximum absolute atomic E-state index is 12.3. The molecule has 0 saturated carbocycles. The van der Waals surface area contributed by atoms with E-state index in [1.165, 1.54) is 0 Å². The molecule has 0 saturated heterocycles. The van der Waals surface area contributed by atoms with Gasteiger partial charge in [0.15, 0.2) is 0 Å². The second-order valence-electron chi connectivity index (χ2n) is 5.55. The largest absolute Gasteiger partial charge is 0.494 e. The first-order valence-corrected chi connectivity index (χ1v) is 8.37. The van der Waals surface area contributed by atoms with E-state index in [2.05, 4.69) is 20.6 Å². The van der Waals surface area contributed by atoms with Crippen LogP contribution in [-0.4, -0.2) is 22.5 Å². The molecule has 0 aliphatic rings. The number of anilines is 2. The molecule has 6 nitrogen and oxygen atoms in total. The smallest absolute Gasteiger partial charge is 0.270 e. The Labute approximate surface area is 152 Å². The summed E-state index contributed by atoms with van der Waals surface area (Å²) in [5, 5.41) is 6.11. The van der Waals surface area contributed by atoms with Crippen molar-refractivity contribution < 1.29 is 9.53 Å². The quantitative estimate of drug-likeness (QED) is 0.683. The Morgan fingerprint density at radius 2 is 1.77 bits per heavy atom. The molecular weight excluding hydrogens is 328 g/mol. The highest BCUT2D eigenvalue weighted by molar-refractivity contribution is 5.93. The first-order chi connectivity index (χ1) is 12.7. The van der Waals surface area contributed by atoms with Crippen molar-refractivity contribution in [1.29, 1.82) is 0 Å². The predicted octanol–water partition coefficient (Wildman–Crippen LogP) is 3.55. The number of nitrogens with zero attached hydrogens (tertiary/aromatic N) is 2. The molecule has 0 atom stereocenters. The molecular formula is C20H20N4O2. The summed E-state index contributed by atoms with van der Waals surface area (Å²) >= 11 is 0. The van der Waals surface area contributed by atoms with Crippen LogP contribution in [0.25, 0.3) is 0 Å². The molecule has 1 amide bonds. The van der Waals surface area contributed by atoms with Crippen LogP contribution in [0, 0.1) is 0 Å². The minimum atomic E-state index is -0.225. The molecule has 2 N–H and O–H groups in total. The highest BCUT2D eigenvalue weighted by atomic mass is 16.5. The third-order valence-corrected chi connectivity index (χ3v) is 3.65. The van der Waals surface area contributed by atoms with Gasteiger partial charge in [0.2, 0.25) is 0 Å². The van der Waals surface area contributed by atoms with Crippen LogP contribution >= 0.6 is 0 Å². The third kappa shape index (κ3) is 4.80. The number of hydrogen-bond acceptors (Lipinski definition) is 5. The molecule has 0 fully saturated rings. The number of pyridine rings is 2. The number of aromatic nitrogens is 2. The van der Waals surface area contributed by atoms with Crippen molar-refractivity contribution in [2.24, 2.45) is 0 Å². The Bertz CT molecular complexity index is 851.